The molecule has 0 fully saturated rings. The number of anilines is 1. The number of rotatable bonds is 5. The SMILES string of the molecule is NC(=O)c1c(F)ccc(NCc2nc(-c3ccc(C(F)(F)F)cc3)cs2)c1F. The Morgan fingerprint density at radius 3 is 2.39 bits per heavy atom. The molecule has 0 bridgehead atoms. The minimum atomic E-state index is -4.42. The third-order valence-electron chi connectivity index (χ3n) is 3.83. The van der Waals surface area contributed by atoms with Crippen molar-refractivity contribution in [1.29, 1.82) is 0 Å². The van der Waals surface area contributed by atoms with Gasteiger partial charge in [0.1, 0.15) is 16.4 Å². The molecule has 10 heteroatoms. The standard InChI is InChI=1S/C18H12F5N3OS/c19-11-5-6-12(16(20)15(11)17(24)27)25-7-14-26-13(8-28-14)9-1-3-10(4-2-9)18(21,22)23/h1-6,8,25H,7H2,(H2,24,27). The fourth-order valence-electron chi connectivity index (χ4n) is 2.44. The fourth-order valence-corrected chi connectivity index (χ4v) is 3.18. The summed E-state index contributed by atoms with van der Waals surface area (Å²) in [5.74, 6) is -3.39. The number of thiazole rings is 1. The van der Waals surface area contributed by atoms with Crippen molar-refractivity contribution in [3.05, 3.63) is 69.5 Å². The second kappa shape index (κ2) is 7.55. The van der Waals surface area contributed by atoms with Gasteiger partial charge in [-0.25, -0.2) is 13.8 Å². The van der Waals surface area contributed by atoms with Crippen LogP contribution in [-0.4, -0.2) is 10.9 Å². The third-order valence-corrected chi connectivity index (χ3v) is 4.68. The Labute approximate surface area is 159 Å². The van der Waals surface area contributed by atoms with Gasteiger partial charge in [0.25, 0.3) is 5.91 Å². The van der Waals surface area contributed by atoms with E-state index in [4.69, 9.17) is 5.73 Å². The number of aromatic nitrogens is 1. The summed E-state index contributed by atoms with van der Waals surface area (Å²) in [6.07, 6.45) is -4.42. The van der Waals surface area contributed by atoms with E-state index in [-0.39, 0.29) is 12.2 Å². The molecule has 0 aliphatic carbocycles. The van der Waals surface area contributed by atoms with E-state index in [1.165, 1.54) is 23.5 Å². The third kappa shape index (κ3) is 4.11. The summed E-state index contributed by atoms with van der Waals surface area (Å²) in [6, 6.07) is 6.60. The number of amides is 1. The molecule has 3 rings (SSSR count). The lowest BCUT2D eigenvalue weighted by Gasteiger charge is -2.09. The molecule has 4 nitrogen and oxygen atoms in total. The van der Waals surface area contributed by atoms with Crippen molar-refractivity contribution in [2.45, 2.75) is 12.7 Å². The Bertz CT molecular complexity index is 1020. The van der Waals surface area contributed by atoms with E-state index >= 15 is 0 Å². The van der Waals surface area contributed by atoms with Gasteiger partial charge in [-0.15, -0.1) is 11.3 Å². The summed E-state index contributed by atoms with van der Waals surface area (Å²) < 4.78 is 65.5. The molecule has 0 aliphatic rings. The quantitative estimate of drug-likeness (QED) is 0.590. The van der Waals surface area contributed by atoms with Crippen LogP contribution in [0.15, 0.2) is 41.8 Å². The van der Waals surface area contributed by atoms with Crippen molar-refractivity contribution < 1.29 is 26.7 Å². The van der Waals surface area contributed by atoms with Crippen LogP contribution in [0.25, 0.3) is 11.3 Å². The second-order valence-electron chi connectivity index (χ2n) is 5.70. The van der Waals surface area contributed by atoms with E-state index in [0.717, 1.165) is 24.3 Å². The lowest BCUT2D eigenvalue weighted by molar-refractivity contribution is -0.137. The molecule has 28 heavy (non-hydrogen) atoms. The van der Waals surface area contributed by atoms with E-state index in [2.05, 4.69) is 10.3 Å². The highest BCUT2D eigenvalue weighted by Gasteiger charge is 2.30. The monoisotopic (exact) mass is 413 g/mol. The molecular formula is C18H12F5N3OS. The number of alkyl halides is 3. The maximum atomic E-state index is 14.2. The number of benzene rings is 2. The molecule has 1 aromatic heterocycles. The number of nitrogens with zero attached hydrogens (tertiary/aromatic N) is 1. The lowest BCUT2D eigenvalue weighted by Crippen LogP contribution is -2.17. The van der Waals surface area contributed by atoms with E-state index in [1.54, 1.807) is 5.38 Å². The Hall–Kier alpha value is -3.01. The number of nitrogens with two attached hydrogens (primary N) is 1. The number of hydrogen-bond acceptors (Lipinski definition) is 4. The van der Waals surface area contributed by atoms with Crippen LogP contribution in [0.5, 0.6) is 0 Å². The van der Waals surface area contributed by atoms with E-state index in [9.17, 15) is 26.7 Å². The highest BCUT2D eigenvalue weighted by Crippen LogP contribution is 2.31. The Kier molecular flexibility index (Phi) is 5.32. The predicted molar refractivity (Wildman–Crippen MR) is 94.8 cm³/mol. The van der Waals surface area contributed by atoms with Crippen molar-refractivity contribution in [3.8, 4) is 11.3 Å². The van der Waals surface area contributed by atoms with Crippen molar-refractivity contribution in [1.82, 2.24) is 4.98 Å². The minimum Gasteiger partial charge on any atom is -0.376 e. The molecule has 0 radical (unpaired) electrons. The van der Waals surface area contributed by atoms with Crippen LogP contribution in [0.4, 0.5) is 27.6 Å². The number of hydrogen-bond donors (Lipinski definition) is 2. The molecule has 0 atom stereocenters. The molecule has 3 N–H and O–H groups in total. The molecule has 0 unspecified atom stereocenters. The van der Waals surface area contributed by atoms with Crippen LogP contribution in [0.3, 0.4) is 0 Å². The summed E-state index contributed by atoms with van der Waals surface area (Å²) in [5, 5.41) is 4.86. The average Bonchev–Trinajstić information content (AvgIpc) is 3.09. The Morgan fingerprint density at radius 2 is 1.79 bits per heavy atom. The largest absolute Gasteiger partial charge is 0.416 e. The van der Waals surface area contributed by atoms with Crippen molar-refractivity contribution in [2.24, 2.45) is 5.73 Å². The molecule has 0 saturated heterocycles. The van der Waals surface area contributed by atoms with E-state index in [0.29, 0.717) is 16.3 Å². The number of nitrogens with one attached hydrogen (secondary N) is 1. The maximum Gasteiger partial charge on any atom is 0.416 e. The molecule has 3 aromatic rings. The van der Waals surface area contributed by atoms with Crippen LogP contribution in [-0.2, 0) is 12.7 Å². The van der Waals surface area contributed by atoms with Gasteiger partial charge in [0.2, 0.25) is 0 Å². The zero-order valence-corrected chi connectivity index (χ0v) is 14.8. The summed E-state index contributed by atoms with van der Waals surface area (Å²) in [6.45, 7) is 0.0616. The first kappa shape index (κ1) is 19.7. The molecule has 2 aromatic carbocycles. The Balaban J connectivity index is 1.74. The van der Waals surface area contributed by atoms with Crippen molar-refractivity contribution in [2.75, 3.05) is 5.32 Å². The minimum absolute atomic E-state index is 0.0616. The number of carbonyl (C=O) groups is 1. The lowest BCUT2D eigenvalue weighted by atomic mass is 10.1. The van der Waals surface area contributed by atoms with Gasteiger partial charge in [0.05, 0.1) is 23.5 Å². The zero-order valence-electron chi connectivity index (χ0n) is 14.0. The van der Waals surface area contributed by atoms with Gasteiger partial charge < -0.3 is 11.1 Å². The summed E-state index contributed by atoms with van der Waals surface area (Å²) in [4.78, 5) is 15.4. The zero-order chi connectivity index (χ0) is 20.5. The van der Waals surface area contributed by atoms with Crippen molar-refractivity contribution in [3.63, 3.8) is 0 Å². The molecule has 146 valence electrons. The first-order valence-electron chi connectivity index (χ1n) is 7.80. The summed E-state index contributed by atoms with van der Waals surface area (Å²) in [7, 11) is 0. The smallest absolute Gasteiger partial charge is 0.376 e. The fraction of sp³-hybridized carbons (Fsp3) is 0.111. The highest BCUT2D eigenvalue weighted by atomic mass is 32.1. The van der Waals surface area contributed by atoms with Gasteiger partial charge in [0.15, 0.2) is 5.82 Å². The highest BCUT2D eigenvalue weighted by molar-refractivity contribution is 7.09. The molecule has 1 heterocycles. The van der Waals surface area contributed by atoms with Gasteiger partial charge in [-0.1, -0.05) is 12.1 Å². The molecule has 1 amide bonds. The normalized spacial score (nSPS) is 11.5. The van der Waals surface area contributed by atoms with Crippen LogP contribution >= 0.6 is 11.3 Å². The summed E-state index contributed by atoms with van der Waals surface area (Å²) >= 11 is 1.21. The molecule has 0 saturated carbocycles. The van der Waals surface area contributed by atoms with Gasteiger partial charge in [-0.3, -0.25) is 4.79 Å². The van der Waals surface area contributed by atoms with Crippen LogP contribution in [0.2, 0.25) is 0 Å². The van der Waals surface area contributed by atoms with E-state index in [1.807, 2.05) is 0 Å². The molecular weight excluding hydrogens is 401 g/mol. The van der Waals surface area contributed by atoms with Crippen LogP contribution in [0, 0.1) is 11.6 Å². The van der Waals surface area contributed by atoms with Crippen LogP contribution in [0.1, 0.15) is 20.9 Å². The topological polar surface area (TPSA) is 68.0 Å². The molecule has 0 spiro atoms. The van der Waals surface area contributed by atoms with Gasteiger partial charge in [-0.2, -0.15) is 13.2 Å². The molecule has 0 aliphatic heterocycles. The first-order valence-corrected chi connectivity index (χ1v) is 8.68. The maximum absolute atomic E-state index is 14.2. The van der Waals surface area contributed by atoms with Gasteiger partial charge in [-0.05, 0) is 24.3 Å². The summed E-state index contributed by atoms with van der Waals surface area (Å²) in [5.41, 5.74) is 4.21. The van der Waals surface area contributed by atoms with Gasteiger partial charge in [0, 0.05) is 10.9 Å². The van der Waals surface area contributed by atoms with Crippen molar-refractivity contribution >= 4 is 22.9 Å². The average molecular weight is 413 g/mol. The number of primary amides is 1. The van der Waals surface area contributed by atoms with Gasteiger partial charge >= 0.3 is 6.18 Å². The predicted octanol–water partition coefficient (Wildman–Crippen LogP) is 4.82. The van der Waals surface area contributed by atoms with E-state index < -0.39 is 34.8 Å². The number of halogens is 5. The number of carbonyl (C=O) groups excluding carboxylic acids is 1. The second-order valence-corrected chi connectivity index (χ2v) is 6.65. The van der Waals surface area contributed by atoms with Crippen LogP contribution < -0.4 is 11.1 Å². The first-order chi connectivity index (χ1) is 13.2. The Morgan fingerprint density at radius 1 is 1.11 bits per heavy atom.